The van der Waals surface area contributed by atoms with E-state index in [9.17, 15) is 13.2 Å². The first-order valence-electron chi connectivity index (χ1n) is 5.32. The van der Waals surface area contributed by atoms with Crippen LogP contribution in [0.2, 0.25) is 0 Å². The summed E-state index contributed by atoms with van der Waals surface area (Å²) in [5, 5.41) is 2.46. The molecule has 0 saturated heterocycles. The molecule has 2 N–H and O–H groups in total. The molecule has 1 rings (SSSR count). The molecule has 0 heterocycles. The van der Waals surface area contributed by atoms with Crippen LogP contribution in [-0.4, -0.2) is 34.5 Å². The number of hydrogen-bond acceptors (Lipinski definition) is 4. The number of nitrogens with one attached hydrogen (secondary N) is 2. The van der Waals surface area contributed by atoms with E-state index in [0.717, 1.165) is 0 Å². The topological polar surface area (TPSA) is 84.5 Å². The van der Waals surface area contributed by atoms with Gasteiger partial charge in [0, 0.05) is 7.05 Å². The van der Waals surface area contributed by atoms with Crippen LogP contribution in [0.5, 0.6) is 5.75 Å². The first kappa shape index (κ1) is 14.5. The molecule has 0 aromatic heterocycles. The van der Waals surface area contributed by atoms with Crippen molar-refractivity contribution in [2.75, 3.05) is 14.1 Å². The molecule has 100 valence electrons. The Morgan fingerprint density at radius 1 is 1.22 bits per heavy atom. The summed E-state index contributed by atoms with van der Waals surface area (Å²) in [6.45, 7) is 1.61. The maximum atomic E-state index is 11.5. The van der Waals surface area contributed by atoms with Gasteiger partial charge in [-0.05, 0) is 38.2 Å². The average Bonchev–Trinajstić information content (AvgIpc) is 2.38. The number of rotatable bonds is 5. The zero-order valence-electron chi connectivity index (χ0n) is 10.4. The predicted octanol–water partition coefficient (Wildman–Crippen LogP) is 0.108. The van der Waals surface area contributed by atoms with Crippen molar-refractivity contribution >= 4 is 15.9 Å². The van der Waals surface area contributed by atoms with E-state index >= 15 is 0 Å². The number of carbonyl (C=O) groups excluding carboxylic acids is 1. The summed E-state index contributed by atoms with van der Waals surface area (Å²) in [6.07, 6.45) is -0.637. The summed E-state index contributed by atoms with van der Waals surface area (Å²) in [7, 11) is -0.590. The highest BCUT2D eigenvalue weighted by molar-refractivity contribution is 7.89. The Kier molecular flexibility index (Phi) is 4.69. The van der Waals surface area contributed by atoms with E-state index in [-0.39, 0.29) is 10.8 Å². The second-order valence-corrected chi connectivity index (χ2v) is 5.44. The van der Waals surface area contributed by atoms with Crippen molar-refractivity contribution in [2.45, 2.75) is 17.9 Å². The molecule has 0 saturated carbocycles. The fourth-order valence-electron chi connectivity index (χ4n) is 1.28. The van der Waals surface area contributed by atoms with E-state index in [1.165, 1.54) is 38.4 Å². The van der Waals surface area contributed by atoms with Crippen molar-refractivity contribution in [1.29, 1.82) is 0 Å². The fourth-order valence-corrected chi connectivity index (χ4v) is 2.01. The van der Waals surface area contributed by atoms with Crippen LogP contribution in [0.15, 0.2) is 29.2 Å². The molecule has 0 bridgehead atoms. The third kappa shape index (κ3) is 3.44. The number of likely N-dealkylation sites (N-methyl/N-ethyl adjacent to an activating group) is 1. The minimum atomic E-state index is -3.45. The van der Waals surface area contributed by atoms with Gasteiger partial charge in [0.2, 0.25) is 10.0 Å². The number of sulfonamides is 1. The largest absolute Gasteiger partial charge is 0.481 e. The predicted molar refractivity (Wildman–Crippen MR) is 66.8 cm³/mol. The Labute approximate surface area is 106 Å². The molecule has 1 amide bonds. The molecule has 6 nitrogen and oxygen atoms in total. The number of hydrogen-bond donors (Lipinski definition) is 2. The number of amides is 1. The third-order valence-corrected chi connectivity index (χ3v) is 3.76. The van der Waals surface area contributed by atoms with Crippen LogP contribution in [-0.2, 0) is 14.8 Å². The van der Waals surface area contributed by atoms with Crippen molar-refractivity contribution in [3.63, 3.8) is 0 Å². The van der Waals surface area contributed by atoms with Crippen LogP contribution in [0.25, 0.3) is 0 Å². The maximum absolute atomic E-state index is 11.5. The van der Waals surface area contributed by atoms with E-state index in [0.29, 0.717) is 5.75 Å². The van der Waals surface area contributed by atoms with Crippen LogP contribution in [0, 0.1) is 0 Å². The Bertz CT molecular complexity index is 510. The SMILES string of the molecule is CNC(=O)[C@@H](C)Oc1ccc(S(=O)(=O)NC)cc1. The van der Waals surface area contributed by atoms with E-state index in [1.54, 1.807) is 6.92 Å². The molecule has 1 atom stereocenters. The fraction of sp³-hybridized carbons (Fsp3) is 0.364. The Balaban J connectivity index is 2.81. The molecule has 18 heavy (non-hydrogen) atoms. The first-order chi connectivity index (χ1) is 8.40. The molecule has 0 spiro atoms. The summed E-state index contributed by atoms with van der Waals surface area (Å²) < 4.78 is 30.5. The molecule has 7 heteroatoms. The van der Waals surface area contributed by atoms with Gasteiger partial charge in [-0.15, -0.1) is 0 Å². The molecular weight excluding hydrogens is 256 g/mol. The van der Waals surface area contributed by atoms with Gasteiger partial charge in [0.15, 0.2) is 6.10 Å². The molecule has 0 radical (unpaired) electrons. The van der Waals surface area contributed by atoms with Gasteiger partial charge in [-0.25, -0.2) is 13.1 Å². The molecule has 0 aliphatic carbocycles. The zero-order valence-corrected chi connectivity index (χ0v) is 11.2. The minimum absolute atomic E-state index is 0.143. The highest BCUT2D eigenvalue weighted by Gasteiger charge is 2.14. The van der Waals surface area contributed by atoms with Crippen molar-refractivity contribution < 1.29 is 17.9 Å². The van der Waals surface area contributed by atoms with Crippen molar-refractivity contribution in [3.8, 4) is 5.75 Å². The van der Waals surface area contributed by atoms with Crippen LogP contribution >= 0.6 is 0 Å². The Morgan fingerprint density at radius 3 is 2.22 bits per heavy atom. The highest BCUT2D eigenvalue weighted by atomic mass is 32.2. The third-order valence-electron chi connectivity index (χ3n) is 2.33. The first-order valence-corrected chi connectivity index (χ1v) is 6.81. The molecule has 1 aromatic rings. The lowest BCUT2D eigenvalue weighted by molar-refractivity contribution is -0.126. The van der Waals surface area contributed by atoms with Crippen LogP contribution in [0.4, 0.5) is 0 Å². The lowest BCUT2D eigenvalue weighted by Gasteiger charge is -2.13. The second kappa shape index (κ2) is 5.83. The monoisotopic (exact) mass is 272 g/mol. The van der Waals surface area contributed by atoms with E-state index in [2.05, 4.69) is 10.0 Å². The number of carbonyl (C=O) groups is 1. The summed E-state index contributed by atoms with van der Waals surface area (Å²) in [4.78, 5) is 11.4. The summed E-state index contributed by atoms with van der Waals surface area (Å²) in [5.41, 5.74) is 0. The van der Waals surface area contributed by atoms with Gasteiger partial charge in [0.05, 0.1) is 4.90 Å². The zero-order chi connectivity index (χ0) is 13.8. The van der Waals surface area contributed by atoms with E-state index < -0.39 is 16.1 Å². The van der Waals surface area contributed by atoms with E-state index in [1.807, 2.05) is 0 Å². The summed E-state index contributed by atoms with van der Waals surface area (Å²) in [5.74, 6) is 0.183. The van der Waals surface area contributed by atoms with Crippen LogP contribution in [0.3, 0.4) is 0 Å². The molecule has 0 aliphatic rings. The van der Waals surface area contributed by atoms with Crippen molar-refractivity contribution in [1.82, 2.24) is 10.0 Å². The molecule has 0 unspecified atom stereocenters. The maximum Gasteiger partial charge on any atom is 0.260 e. The molecule has 0 aliphatic heterocycles. The molecular formula is C11H16N2O4S. The lowest BCUT2D eigenvalue weighted by Crippen LogP contribution is -2.33. The van der Waals surface area contributed by atoms with Crippen LogP contribution < -0.4 is 14.8 Å². The van der Waals surface area contributed by atoms with Gasteiger partial charge in [-0.1, -0.05) is 0 Å². The van der Waals surface area contributed by atoms with Gasteiger partial charge in [0.1, 0.15) is 5.75 Å². The highest BCUT2D eigenvalue weighted by Crippen LogP contribution is 2.16. The standard InChI is InChI=1S/C11H16N2O4S/c1-8(11(14)12-2)17-9-4-6-10(7-5-9)18(15,16)13-3/h4-8,13H,1-3H3,(H,12,14)/t8-/m1/s1. The molecule has 0 fully saturated rings. The number of benzene rings is 1. The van der Waals surface area contributed by atoms with Gasteiger partial charge < -0.3 is 10.1 Å². The Morgan fingerprint density at radius 2 is 1.78 bits per heavy atom. The Hall–Kier alpha value is -1.60. The van der Waals surface area contributed by atoms with E-state index in [4.69, 9.17) is 4.74 Å². The number of ether oxygens (including phenoxy) is 1. The van der Waals surface area contributed by atoms with Gasteiger partial charge >= 0.3 is 0 Å². The van der Waals surface area contributed by atoms with Crippen molar-refractivity contribution in [3.05, 3.63) is 24.3 Å². The second-order valence-electron chi connectivity index (χ2n) is 3.55. The molecule has 1 aromatic carbocycles. The van der Waals surface area contributed by atoms with Gasteiger partial charge in [0.25, 0.3) is 5.91 Å². The smallest absolute Gasteiger partial charge is 0.260 e. The van der Waals surface area contributed by atoms with Gasteiger partial charge in [-0.3, -0.25) is 4.79 Å². The quantitative estimate of drug-likeness (QED) is 0.796. The summed E-state index contributed by atoms with van der Waals surface area (Å²) >= 11 is 0. The summed E-state index contributed by atoms with van der Waals surface area (Å²) in [6, 6.07) is 5.84. The minimum Gasteiger partial charge on any atom is -0.481 e. The van der Waals surface area contributed by atoms with Crippen LogP contribution in [0.1, 0.15) is 6.92 Å². The lowest BCUT2D eigenvalue weighted by atomic mass is 10.3. The average molecular weight is 272 g/mol. The van der Waals surface area contributed by atoms with Crippen molar-refractivity contribution in [2.24, 2.45) is 0 Å². The normalized spacial score (nSPS) is 12.8. The van der Waals surface area contributed by atoms with Gasteiger partial charge in [-0.2, -0.15) is 0 Å².